The minimum absolute atomic E-state index is 0. The molecule has 0 saturated heterocycles. The predicted octanol–water partition coefficient (Wildman–Crippen LogP) is -17.4. The maximum Gasteiger partial charge on any atom is 1.00 e. The van der Waals surface area contributed by atoms with Crippen molar-refractivity contribution >= 4 is 142 Å². The van der Waals surface area contributed by atoms with Crippen molar-refractivity contribution in [3.05, 3.63) is 60.7 Å². The Bertz CT molecular complexity index is 3330. The number of nitrogens with zero attached hydrogens (tertiary/aromatic N) is 6. The summed E-state index contributed by atoms with van der Waals surface area (Å²) >= 11 is -0.00792. The molecule has 0 aromatic heterocycles. The quantitative estimate of drug-likeness (QED) is 0.00563. The van der Waals surface area contributed by atoms with Gasteiger partial charge < -0.3 is 40.9 Å². The number of azo groups is 3. The van der Waals surface area contributed by atoms with E-state index in [9.17, 15) is 79.9 Å². The molecule has 0 aliphatic heterocycles. The van der Waals surface area contributed by atoms with Crippen molar-refractivity contribution < 1.29 is 298 Å². The number of hydrogen-bond acceptors (Lipinski definition) is 38. The third kappa shape index (κ3) is 27.4. The van der Waals surface area contributed by atoms with Crippen molar-refractivity contribution in [2.45, 2.75) is 29.4 Å². The van der Waals surface area contributed by atoms with E-state index in [0.29, 0.717) is 12.1 Å². The number of benzene rings is 4. The Hall–Kier alpha value is 1.43. The molecule has 0 atom stereocenters. The van der Waals surface area contributed by atoms with E-state index < -0.39 is 162 Å². The van der Waals surface area contributed by atoms with Gasteiger partial charge in [0.1, 0.15) is 54.4 Å². The van der Waals surface area contributed by atoms with Gasteiger partial charge in [0.15, 0.2) is 54.2 Å². The van der Waals surface area contributed by atoms with Crippen molar-refractivity contribution in [3.8, 4) is 0 Å². The molecule has 0 fully saturated rings. The SMILES string of the molecule is Nc1c(N=Nc2ccc(S(=O)(=O)CCOSOO[O-])cc2S(=O)(=O)[O-])cc(N=Nc2ccc(S(=O)(=O)CCOSOO[O-])cc2S(=O)(=O)[O-])c(N)c1N=Nc1ccc(S(=O)(=O)CCOS(=O)(=O)[O-])cc1SOO[O-].[Na+].[Na+].[Na+].[Na+].[Na+].[Na+]. The van der Waals surface area contributed by atoms with E-state index in [0.717, 1.165) is 48.5 Å². The minimum Gasteiger partial charge on any atom is -0.744 e. The molecule has 4 rings (SSSR count). The fourth-order valence-corrected chi connectivity index (χ4v) is 11.4. The van der Waals surface area contributed by atoms with Gasteiger partial charge in [-0.25, -0.2) is 50.5 Å². The van der Waals surface area contributed by atoms with Gasteiger partial charge in [-0.05, 0) is 60.7 Å². The van der Waals surface area contributed by atoms with E-state index in [1.165, 1.54) is 0 Å². The zero-order valence-corrected chi connectivity index (χ0v) is 60.9. The van der Waals surface area contributed by atoms with Crippen LogP contribution >= 0.6 is 36.7 Å². The van der Waals surface area contributed by atoms with Crippen LogP contribution in [0.15, 0.2) is 121 Å². The fraction of sp³-hybridized carbons (Fsp3) is 0.200. The van der Waals surface area contributed by atoms with Gasteiger partial charge >= 0.3 is 177 Å². The maximum atomic E-state index is 12.9. The van der Waals surface area contributed by atoms with Crippen LogP contribution in [0, 0.1) is 0 Å². The number of hydrogen-bond donors (Lipinski definition) is 2. The van der Waals surface area contributed by atoms with Crippen LogP contribution in [0.25, 0.3) is 0 Å². The summed E-state index contributed by atoms with van der Waals surface area (Å²) in [5.41, 5.74) is 7.41. The molecule has 80 heavy (non-hydrogen) atoms. The first-order valence-electron chi connectivity index (χ1n) is 18.3. The summed E-state index contributed by atoms with van der Waals surface area (Å²) in [6.45, 7) is -2.39. The molecule has 4 aromatic carbocycles. The zero-order valence-electron chi connectivity index (χ0n) is 41.6. The first kappa shape index (κ1) is 85.6. The summed E-state index contributed by atoms with van der Waals surface area (Å²) < 4.78 is 209. The van der Waals surface area contributed by atoms with Crippen molar-refractivity contribution in [2.75, 3.05) is 48.5 Å². The second-order valence-corrected chi connectivity index (χ2v) is 24.8. The van der Waals surface area contributed by atoms with E-state index >= 15 is 0 Å². The topological polar surface area (TPSA) is 552 Å². The average Bonchev–Trinajstić information content (AvgIpc) is 3.31. The Labute approximate surface area is 600 Å². The zero-order chi connectivity index (χ0) is 55.1. The molecule has 0 aliphatic carbocycles. The van der Waals surface area contributed by atoms with Crippen molar-refractivity contribution in [1.82, 2.24) is 0 Å². The molecular weight excluding hydrogens is 1330 g/mol. The second-order valence-electron chi connectivity index (χ2n) is 12.9. The Morgan fingerprint density at radius 1 is 0.438 bits per heavy atom. The van der Waals surface area contributed by atoms with Gasteiger partial charge in [0, 0.05) is 0 Å². The third-order valence-corrected chi connectivity index (χ3v) is 16.9. The van der Waals surface area contributed by atoms with E-state index in [-0.39, 0.29) is 225 Å². The summed E-state index contributed by atoms with van der Waals surface area (Å²) in [6.07, 6.45) is 0. The standard InChI is InChI=1S/C30H32N8O27S9.6Na/c31-28-23(36-34-21-5-2-18(14-26(21)72(48,49)50)69(42,43)10-7-57-67-64-61-40)16-24(37-35-22-6-3-19(15-27(22)73(51,52)53)70(44,45)11-8-58-68-65-62-41)29(32)30(28)38-33-20-4-1-17(13-25(20)66-63-60-39)71(46,47)12-9-59-74(54,55)56;;;;;;/h1-6,13-16,39-41H,7-12,31-32H2,(H,48,49,50)(H,51,52,53)(H,54,55,56);;;;;;/q;6*+1/p-6. The van der Waals surface area contributed by atoms with Gasteiger partial charge in [-0.1, -0.05) is 0 Å². The Kier molecular flexibility index (Phi) is 42.2. The molecule has 4 aromatic rings. The van der Waals surface area contributed by atoms with E-state index in [1.807, 2.05) is 0 Å². The molecule has 0 amide bonds. The monoisotopic (exact) mass is 1360 g/mol. The summed E-state index contributed by atoms with van der Waals surface area (Å²) in [5.74, 6) is -2.77. The van der Waals surface area contributed by atoms with Crippen LogP contribution < -0.4 is 205 Å². The average molecular weight is 1360 g/mol. The molecule has 4 N–H and O–H groups in total. The van der Waals surface area contributed by atoms with Gasteiger partial charge in [0.25, 0.3) is 0 Å². The molecule has 0 saturated carbocycles. The van der Waals surface area contributed by atoms with Crippen molar-refractivity contribution in [1.29, 1.82) is 0 Å². The van der Waals surface area contributed by atoms with Crippen LogP contribution in [0.3, 0.4) is 0 Å². The summed E-state index contributed by atoms with van der Waals surface area (Å²) in [7, 11) is -29.8. The number of rotatable bonds is 30. The van der Waals surface area contributed by atoms with Gasteiger partial charge in [-0.3, -0.25) is 27.7 Å². The van der Waals surface area contributed by atoms with Crippen LogP contribution in [0.5, 0.6) is 0 Å². The van der Waals surface area contributed by atoms with Crippen molar-refractivity contribution in [3.63, 3.8) is 0 Å². The molecule has 0 bridgehead atoms. The minimum atomic E-state index is -5.59. The second kappa shape index (κ2) is 39.4. The molecule has 0 radical (unpaired) electrons. The Morgan fingerprint density at radius 2 is 0.787 bits per heavy atom. The maximum absolute atomic E-state index is 12.9. The van der Waals surface area contributed by atoms with Gasteiger partial charge in [-0.2, -0.15) is 4.33 Å². The first-order valence-corrected chi connectivity index (χ1v) is 29.4. The largest absolute Gasteiger partial charge is 1.00 e. The number of anilines is 2. The summed E-state index contributed by atoms with van der Waals surface area (Å²) in [6, 6.07) is 7.38. The number of nitrogens with two attached hydrogens (primary N) is 2. The van der Waals surface area contributed by atoms with Gasteiger partial charge in [0.05, 0.1) is 89.9 Å². The van der Waals surface area contributed by atoms with E-state index in [2.05, 4.69) is 71.4 Å². The van der Waals surface area contributed by atoms with Gasteiger partial charge in [-0.15, -0.1) is 39.4 Å². The molecule has 50 heteroatoms. The number of sulfone groups is 3. The summed E-state index contributed by atoms with van der Waals surface area (Å²) in [5, 5.41) is 62.8. The Balaban J connectivity index is -0.00000988. The third-order valence-electron chi connectivity index (χ3n) is 8.34. The van der Waals surface area contributed by atoms with Crippen LogP contribution in [0.4, 0.5) is 45.5 Å². The van der Waals surface area contributed by atoms with Crippen LogP contribution in [0.1, 0.15) is 0 Å². The molecule has 0 aliphatic rings. The number of nitrogen functional groups attached to an aromatic ring is 2. The normalized spacial score (nSPS) is 12.2. The first-order chi connectivity index (χ1) is 34.5. The van der Waals surface area contributed by atoms with Crippen LogP contribution in [0.2, 0.25) is 0 Å². The van der Waals surface area contributed by atoms with Gasteiger partial charge in [0.2, 0.25) is 10.4 Å². The smallest absolute Gasteiger partial charge is 0.744 e. The molecule has 408 valence electrons. The molecule has 0 unspecified atom stereocenters. The predicted molar refractivity (Wildman–Crippen MR) is 234 cm³/mol. The van der Waals surface area contributed by atoms with E-state index in [1.54, 1.807) is 0 Å². The van der Waals surface area contributed by atoms with Crippen LogP contribution in [-0.2, 0) is 101 Å². The summed E-state index contributed by atoms with van der Waals surface area (Å²) in [4.78, 5) is -4.97. The van der Waals surface area contributed by atoms with E-state index in [4.69, 9.17) is 11.5 Å². The van der Waals surface area contributed by atoms with Crippen molar-refractivity contribution in [2.24, 2.45) is 30.7 Å². The molecule has 0 heterocycles. The molecule has 0 spiro atoms. The molecule has 35 nitrogen and oxygen atoms in total. The fourth-order valence-electron chi connectivity index (χ4n) is 5.11. The molecular formula is C30H26N8Na6O27S9. The Morgan fingerprint density at radius 3 is 1.16 bits per heavy atom. The van der Waals surface area contributed by atoms with Crippen LogP contribution in [-0.4, -0.2) is 101 Å².